The van der Waals surface area contributed by atoms with Crippen LogP contribution in [0.15, 0.2) is 29.3 Å². The van der Waals surface area contributed by atoms with E-state index < -0.39 is 0 Å². The molecule has 2 N–H and O–H groups in total. The second-order valence-corrected chi connectivity index (χ2v) is 7.85. The summed E-state index contributed by atoms with van der Waals surface area (Å²) >= 11 is 0. The van der Waals surface area contributed by atoms with Crippen LogP contribution in [0.2, 0.25) is 0 Å². The molecule has 0 spiro atoms. The SMILES string of the molecule is CN=C(NCC1CCCN(C)C1)NC1CCCN(c2cccc(OC)c2)C1.I. The molecule has 2 aliphatic rings. The number of methoxy groups -OCH3 is 1. The standard InChI is InChI=1S/C21H35N5O.HI/c1-22-21(23-14-17-7-5-11-25(2)15-17)24-18-8-6-12-26(16-18)19-9-4-10-20(13-19)27-3;/h4,9-10,13,17-18H,5-8,11-12,14-16H2,1-3H3,(H2,22,23,24);1H. The number of hydrogen-bond donors (Lipinski definition) is 2. The van der Waals surface area contributed by atoms with E-state index >= 15 is 0 Å². The van der Waals surface area contributed by atoms with Gasteiger partial charge >= 0.3 is 0 Å². The molecule has 6 nitrogen and oxygen atoms in total. The summed E-state index contributed by atoms with van der Waals surface area (Å²) in [5.74, 6) is 2.56. The Balaban J connectivity index is 0.00000280. The topological polar surface area (TPSA) is 52.1 Å². The number of anilines is 1. The van der Waals surface area contributed by atoms with Crippen LogP contribution in [0.4, 0.5) is 5.69 Å². The fourth-order valence-corrected chi connectivity index (χ4v) is 4.21. The third-order valence-electron chi connectivity index (χ3n) is 5.68. The molecule has 0 amide bonds. The van der Waals surface area contributed by atoms with E-state index in [-0.39, 0.29) is 24.0 Å². The third-order valence-corrected chi connectivity index (χ3v) is 5.68. The molecule has 158 valence electrons. The molecule has 28 heavy (non-hydrogen) atoms. The van der Waals surface area contributed by atoms with E-state index in [2.05, 4.69) is 50.7 Å². The number of ether oxygens (including phenoxy) is 1. The summed E-state index contributed by atoms with van der Waals surface area (Å²) in [5.41, 5.74) is 1.23. The number of benzene rings is 1. The predicted molar refractivity (Wildman–Crippen MR) is 128 cm³/mol. The van der Waals surface area contributed by atoms with Crippen molar-refractivity contribution in [1.82, 2.24) is 15.5 Å². The van der Waals surface area contributed by atoms with Crippen LogP contribution >= 0.6 is 24.0 Å². The number of rotatable bonds is 5. The highest BCUT2D eigenvalue weighted by Gasteiger charge is 2.22. The van der Waals surface area contributed by atoms with Gasteiger partial charge in [0, 0.05) is 51.0 Å². The molecule has 2 aliphatic heterocycles. The molecule has 0 bridgehead atoms. The van der Waals surface area contributed by atoms with Gasteiger partial charge in [0.05, 0.1) is 7.11 Å². The molecule has 2 unspecified atom stereocenters. The normalized spacial score (nSPS) is 23.7. The van der Waals surface area contributed by atoms with Crippen molar-refractivity contribution < 1.29 is 4.74 Å². The van der Waals surface area contributed by atoms with Gasteiger partial charge in [-0.2, -0.15) is 0 Å². The van der Waals surface area contributed by atoms with Gasteiger partial charge in [-0.05, 0) is 57.3 Å². The van der Waals surface area contributed by atoms with E-state index in [1.165, 1.54) is 44.5 Å². The van der Waals surface area contributed by atoms with E-state index in [0.29, 0.717) is 12.0 Å². The van der Waals surface area contributed by atoms with Crippen molar-refractivity contribution in [3.8, 4) is 5.75 Å². The van der Waals surface area contributed by atoms with Gasteiger partial charge in [-0.3, -0.25) is 4.99 Å². The zero-order chi connectivity index (χ0) is 19.1. The Morgan fingerprint density at radius 3 is 2.79 bits per heavy atom. The summed E-state index contributed by atoms with van der Waals surface area (Å²) in [4.78, 5) is 9.32. The Morgan fingerprint density at radius 1 is 1.21 bits per heavy atom. The largest absolute Gasteiger partial charge is 0.497 e. The Morgan fingerprint density at radius 2 is 2.04 bits per heavy atom. The number of nitrogens with one attached hydrogen (secondary N) is 2. The Hall–Kier alpha value is -1.22. The second kappa shape index (κ2) is 11.7. The maximum absolute atomic E-state index is 5.38. The first kappa shape index (κ1) is 23.1. The van der Waals surface area contributed by atoms with Gasteiger partial charge in [0.25, 0.3) is 0 Å². The van der Waals surface area contributed by atoms with Crippen molar-refractivity contribution >= 4 is 35.6 Å². The van der Waals surface area contributed by atoms with Crippen LogP contribution in [0.25, 0.3) is 0 Å². The van der Waals surface area contributed by atoms with E-state index in [4.69, 9.17) is 4.74 Å². The highest BCUT2D eigenvalue weighted by molar-refractivity contribution is 14.0. The molecule has 1 aromatic carbocycles. The quantitative estimate of drug-likeness (QED) is 0.369. The van der Waals surface area contributed by atoms with Gasteiger partial charge in [0.1, 0.15) is 5.75 Å². The minimum absolute atomic E-state index is 0. The van der Waals surface area contributed by atoms with Crippen LogP contribution in [-0.2, 0) is 0 Å². The summed E-state index contributed by atoms with van der Waals surface area (Å²) < 4.78 is 5.38. The molecular weight excluding hydrogens is 465 g/mol. The van der Waals surface area contributed by atoms with Gasteiger partial charge in [0.2, 0.25) is 0 Å². The number of halogens is 1. The number of guanidine groups is 1. The molecule has 1 aromatic rings. The highest BCUT2D eigenvalue weighted by Crippen LogP contribution is 2.24. The van der Waals surface area contributed by atoms with E-state index in [1.807, 2.05) is 13.1 Å². The minimum Gasteiger partial charge on any atom is -0.497 e. The summed E-state index contributed by atoms with van der Waals surface area (Å²) in [6, 6.07) is 8.75. The molecule has 0 saturated carbocycles. The molecular formula is C21H36IN5O. The maximum Gasteiger partial charge on any atom is 0.191 e. The predicted octanol–water partition coefficient (Wildman–Crippen LogP) is 2.79. The average molecular weight is 501 g/mol. The summed E-state index contributed by atoms with van der Waals surface area (Å²) in [5, 5.41) is 7.19. The zero-order valence-electron chi connectivity index (χ0n) is 17.5. The summed E-state index contributed by atoms with van der Waals surface area (Å²) in [6.07, 6.45) is 4.96. The van der Waals surface area contributed by atoms with Crippen molar-refractivity contribution in [3.05, 3.63) is 24.3 Å². The molecule has 2 heterocycles. The first-order valence-corrected chi connectivity index (χ1v) is 10.2. The van der Waals surface area contributed by atoms with Crippen LogP contribution in [0, 0.1) is 5.92 Å². The average Bonchev–Trinajstić information content (AvgIpc) is 2.71. The van der Waals surface area contributed by atoms with Gasteiger partial charge in [-0.15, -0.1) is 24.0 Å². The fraction of sp³-hybridized carbons (Fsp3) is 0.667. The van der Waals surface area contributed by atoms with Gasteiger partial charge in [0.15, 0.2) is 5.96 Å². The molecule has 2 atom stereocenters. The second-order valence-electron chi connectivity index (χ2n) is 7.85. The smallest absolute Gasteiger partial charge is 0.191 e. The lowest BCUT2D eigenvalue weighted by atomic mass is 9.98. The first-order chi connectivity index (χ1) is 13.2. The first-order valence-electron chi connectivity index (χ1n) is 10.2. The lowest BCUT2D eigenvalue weighted by Gasteiger charge is -2.36. The Labute approximate surface area is 187 Å². The Bertz CT molecular complexity index is 627. The molecule has 0 aromatic heterocycles. The van der Waals surface area contributed by atoms with Crippen molar-refractivity contribution in [2.24, 2.45) is 10.9 Å². The van der Waals surface area contributed by atoms with Crippen molar-refractivity contribution in [2.75, 3.05) is 58.8 Å². The van der Waals surface area contributed by atoms with Crippen molar-refractivity contribution in [1.29, 1.82) is 0 Å². The lowest BCUT2D eigenvalue weighted by Crippen LogP contribution is -2.52. The van der Waals surface area contributed by atoms with E-state index in [1.54, 1.807) is 7.11 Å². The highest BCUT2D eigenvalue weighted by atomic mass is 127. The summed E-state index contributed by atoms with van der Waals surface area (Å²) in [7, 11) is 5.80. The molecule has 0 aliphatic carbocycles. The zero-order valence-corrected chi connectivity index (χ0v) is 19.8. The molecule has 0 radical (unpaired) electrons. The number of piperidine rings is 2. The molecule has 3 rings (SSSR count). The third kappa shape index (κ3) is 6.69. The number of likely N-dealkylation sites (tertiary alicyclic amines) is 1. The lowest BCUT2D eigenvalue weighted by molar-refractivity contribution is 0.210. The van der Waals surface area contributed by atoms with Crippen LogP contribution in [-0.4, -0.2) is 70.8 Å². The van der Waals surface area contributed by atoms with Gasteiger partial charge in [-0.1, -0.05) is 6.07 Å². The van der Waals surface area contributed by atoms with Crippen LogP contribution < -0.4 is 20.3 Å². The molecule has 7 heteroatoms. The minimum atomic E-state index is 0. The van der Waals surface area contributed by atoms with Crippen molar-refractivity contribution in [3.63, 3.8) is 0 Å². The van der Waals surface area contributed by atoms with Gasteiger partial charge in [-0.25, -0.2) is 0 Å². The molecule has 2 fully saturated rings. The van der Waals surface area contributed by atoms with Crippen LogP contribution in [0.1, 0.15) is 25.7 Å². The number of aliphatic imine (C=N–C) groups is 1. The van der Waals surface area contributed by atoms with Gasteiger partial charge < -0.3 is 25.2 Å². The monoisotopic (exact) mass is 501 g/mol. The van der Waals surface area contributed by atoms with E-state index in [0.717, 1.165) is 31.3 Å². The van der Waals surface area contributed by atoms with Crippen LogP contribution in [0.3, 0.4) is 0 Å². The molecule has 2 saturated heterocycles. The number of hydrogen-bond acceptors (Lipinski definition) is 4. The van der Waals surface area contributed by atoms with Crippen LogP contribution in [0.5, 0.6) is 5.75 Å². The number of nitrogens with zero attached hydrogens (tertiary/aromatic N) is 3. The van der Waals surface area contributed by atoms with E-state index in [9.17, 15) is 0 Å². The maximum atomic E-state index is 5.38. The summed E-state index contributed by atoms with van der Waals surface area (Å²) in [6.45, 7) is 5.48. The van der Waals surface area contributed by atoms with Crippen molar-refractivity contribution in [2.45, 2.75) is 31.7 Å². The fourth-order valence-electron chi connectivity index (χ4n) is 4.21. The Kier molecular flexibility index (Phi) is 9.64.